The molecule has 5 nitrogen and oxygen atoms in total. The molecule has 0 spiro atoms. The molecule has 0 unspecified atom stereocenters. The first-order chi connectivity index (χ1) is 15.6. The lowest BCUT2D eigenvalue weighted by Crippen LogP contribution is -2.71. The summed E-state index contributed by atoms with van der Waals surface area (Å²) in [5.74, 6) is -3.95. The number of aliphatic hydroxyl groups excluding tert-OH is 1. The number of alkyl halides is 4. The Kier molecular flexibility index (Phi) is 5.36. The molecule has 5 rings (SSSR count). The molecule has 188 valence electrons. The molecule has 0 aromatic carbocycles. The number of hydrogen-bond donors (Lipinski definition) is 1. The highest BCUT2D eigenvalue weighted by atomic mass is 35.5. The lowest BCUT2D eigenvalue weighted by atomic mass is 9.44. The average Bonchev–Trinajstić information content (AvgIpc) is 3.13. The maximum atomic E-state index is 17.3. The predicted molar refractivity (Wildman–Crippen MR) is 122 cm³/mol. The molecule has 1 saturated heterocycles. The van der Waals surface area contributed by atoms with E-state index in [1.165, 1.54) is 13.0 Å². The van der Waals surface area contributed by atoms with Gasteiger partial charge in [-0.05, 0) is 57.6 Å². The summed E-state index contributed by atoms with van der Waals surface area (Å²) >= 11 is 18.3. The van der Waals surface area contributed by atoms with E-state index in [1.54, 1.807) is 20.8 Å². The number of carbonyl (C=O) groups excluding carboxylic acids is 2. The summed E-state index contributed by atoms with van der Waals surface area (Å²) in [7, 11) is 0. The van der Waals surface area contributed by atoms with Gasteiger partial charge in [0, 0.05) is 16.7 Å². The fourth-order valence-electron chi connectivity index (χ4n) is 7.99. The minimum atomic E-state index is -2.34. The summed E-state index contributed by atoms with van der Waals surface area (Å²) in [6.45, 7) is 6.54. The van der Waals surface area contributed by atoms with Crippen LogP contribution in [0, 0.1) is 22.7 Å². The molecular weight excluding hydrogens is 513 g/mol. The van der Waals surface area contributed by atoms with Gasteiger partial charge < -0.3 is 14.6 Å². The Morgan fingerprint density at radius 2 is 1.85 bits per heavy atom. The van der Waals surface area contributed by atoms with Crippen LogP contribution < -0.4 is 0 Å². The van der Waals surface area contributed by atoms with Crippen LogP contribution in [-0.2, 0) is 19.1 Å². The Bertz CT molecular complexity index is 1050. The zero-order chi connectivity index (χ0) is 25.2. The Morgan fingerprint density at radius 3 is 2.47 bits per heavy atom. The number of aliphatic hydroxyl groups is 1. The highest BCUT2D eigenvalue weighted by Gasteiger charge is 2.81. The van der Waals surface area contributed by atoms with Gasteiger partial charge in [-0.25, -0.2) is 8.78 Å². The van der Waals surface area contributed by atoms with Crippen molar-refractivity contribution in [3.63, 3.8) is 0 Å². The lowest BCUT2D eigenvalue weighted by molar-refractivity contribution is -0.248. The molecule has 5 aliphatic rings. The second-order valence-electron chi connectivity index (χ2n) is 11.2. The molecule has 3 saturated carbocycles. The monoisotopic (exact) mass is 538 g/mol. The molecule has 4 aliphatic carbocycles. The molecule has 9 atom stereocenters. The molecule has 0 bridgehead atoms. The van der Waals surface area contributed by atoms with Gasteiger partial charge in [0.2, 0.25) is 5.78 Å². The number of hydrogen-bond acceptors (Lipinski definition) is 5. The van der Waals surface area contributed by atoms with Crippen LogP contribution in [-0.4, -0.2) is 56.9 Å². The van der Waals surface area contributed by atoms with E-state index in [9.17, 15) is 14.7 Å². The van der Waals surface area contributed by atoms with Crippen LogP contribution in [0.2, 0.25) is 0 Å². The van der Waals surface area contributed by atoms with Crippen LogP contribution in [0.4, 0.5) is 8.78 Å². The third-order valence-corrected chi connectivity index (χ3v) is 10.0. The topological polar surface area (TPSA) is 72.8 Å². The number of fused-ring (bicyclic) bond motifs is 7. The van der Waals surface area contributed by atoms with E-state index in [2.05, 4.69) is 0 Å². The first-order valence-electron chi connectivity index (χ1n) is 11.4. The van der Waals surface area contributed by atoms with Gasteiger partial charge in [-0.1, -0.05) is 47.8 Å². The molecule has 0 amide bonds. The van der Waals surface area contributed by atoms with Gasteiger partial charge in [-0.3, -0.25) is 9.59 Å². The third kappa shape index (κ3) is 2.72. The molecule has 34 heavy (non-hydrogen) atoms. The minimum absolute atomic E-state index is 0.137. The molecular formula is C24H27Cl3F2O5. The van der Waals surface area contributed by atoms with E-state index < -0.39 is 74.5 Å². The summed E-state index contributed by atoms with van der Waals surface area (Å²) in [5, 5.41) is 11.1. The SMILES string of the molecule is CC1(C)O[C@@H]2C[C@H]3[C@@H]4C[C@H](F)C5=C(Cl)C(=O)C=C[C@]5(C)[C@@]4(F)[C@@H](O)C[C@]3(C)[C@]2(C(=O)C(Cl)Cl)O1. The van der Waals surface area contributed by atoms with Crippen LogP contribution in [0.15, 0.2) is 22.8 Å². The third-order valence-electron chi connectivity index (χ3n) is 9.26. The lowest BCUT2D eigenvalue weighted by Gasteiger charge is -2.63. The first kappa shape index (κ1) is 25.1. The number of ketones is 2. The normalized spacial score (nSPS) is 51.3. The molecule has 4 fully saturated rings. The van der Waals surface area contributed by atoms with Gasteiger partial charge in [0.05, 0.1) is 17.2 Å². The van der Waals surface area contributed by atoms with Gasteiger partial charge >= 0.3 is 0 Å². The summed E-state index contributed by atoms with van der Waals surface area (Å²) in [4.78, 5) is 24.2. The van der Waals surface area contributed by atoms with E-state index in [1.807, 2.05) is 0 Å². The Balaban J connectivity index is 1.68. The van der Waals surface area contributed by atoms with Gasteiger partial charge in [0.1, 0.15) is 6.17 Å². The number of allylic oxidation sites excluding steroid dienone is 4. The van der Waals surface area contributed by atoms with Crippen LogP contribution >= 0.6 is 34.8 Å². The molecule has 1 aliphatic heterocycles. The Morgan fingerprint density at radius 1 is 1.21 bits per heavy atom. The number of ether oxygens (including phenoxy) is 2. The minimum Gasteiger partial charge on any atom is -0.390 e. The summed E-state index contributed by atoms with van der Waals surface area (Å²) in [6.07, 6.45) is -1.93. The molecule has 10 heteroatoms. The van der Waals surface area contributed by atoms with Crippen molar-refractivity contribution in [1.29, 1.82) is 0 Å². The molecule has 0 aromatic rings. The van der Waals surface area contributed by atoms with Crippen molar-refractivity contribution in [2.75, 3.05) is 0 Å². The van der Waals surface area contributed by atoms with Gasteiger partial charge in [-0.2, -0.15) is 0 Å². The van der Waals surface area contributed by atoms with Crippen molar-refractivity contribution in [1.82, 2.24) is 0 Å². The van der Waals surface area contributed by atoms with Crippen LogP contribution in [0.25, 0.3) is 0 Å². The van der Waals surface area contributed by atoms with Crippen molar-refractivity contribution >= 4 is 46.4 Å². The zero-order valence-corrected chi connectivity index (χ0v) is 21.5. The van der Waals surface area contributed by atoms with Crippen molar-refractivity contribution < 1.29 is 33.0 Å². The fraction of sp³-hybridized carbons (Fsp3) is 0.750. The standard InChI is InChI=1S/C24H27Cl3F2O5/c1-20(2)33-15-8-10-11-7-12(28)16-17(25)13(30)5-6-21(16,3)23(11,29)14(31)9-22(10,4)24(15,34-20)18(32)19(26)27/h5-6,10-12,14-15,19,31H,7-9H2,1-4H3/t10-,11-,12-,14-,15+,21-,22-,23-,24-/m0/s1. The van der Waals surface area contributed by atoms with E-state index in [0.717, 1.165) is 6.08 Å². The zero-order valence-electron chi connectivity index (χ0n) is 19.2. The predicted octanol–water partition coefficient (Wildman–Crippen LogP) is 4.74. The summed E-state index contributed by atoms with van der Waals surface area (Å²) < 4.78 is 45.4. The number of Topliss-reactive ketones (excluding diaryl/α,β-unsaturated/α-hetero) is 1. The van der Waals surface area contributed by atoms with E-state index in [0.29, 0.717) is 0 Å². The van der Waals surface area contributed by atoms with Crippen LogP contribution in [0.3, 0.4) is 0 Å². The number of carbonyl (C=O) groups is 2. The smallest absolute Gasteiger partial charge is 0.200 e. The number of rotatable bonds is 2. The van der Waals surface area contributed by atoms with Crippen molar-refractivity contribution in [3.05, 3.63) is 22.8 Å². The van der Waals surface area contributed by atoms with Crippen LogP contribution in [0.5, 0.6) is 0 Å². The van der Waals surface area contributed by atoms with Crippen molar-refractivity contribution in [2.24, 2.45) is 22.7 Å². The van der Waals surface area contributed by atoms with Gasteiger partial charge in [0.15, 0.2) is 27.7 Å². The highest BCUT2D eigenvalue weighted by Crippen LogP contribution is 2.73. The van der Waals surface area contributed by atoms with E-state index in [4.69, 9.17) is 44.3 Å². The summed E-state index contributed by atoms with van der Waals surface area (Å²) in [6, 6.07) is 0. The maximum absolute atomic E-state index is 17.3. The van der Waals surface area contributed by atoms with Gasteiger partial charge in [0.25, 0.3) is 0 Å². The molecule has 1 heterocycles. The maximum Gasteiger partial charge on any atom is 0.200 e. The molecule has 1 N–H and O–H groups in total. The second-order valence-corrected chi connectivity index (χ2v) is 12.7. The first-order valence-corrected chi connectivity index (χ1v) is 12.7. The Labute approximate surface area is 211 Å². The molecule has 0 aromatic heterocycles. The van der Waals surface area contributed by atoms with Crippen molar-refractivity contribution in [2.45, 2.75) is 87.2 Å². The summed E-state index contributed by atoms with van der Waals surface area (Å²) in [5.41, 5.74) is -6.89. The van der Waals surface area contributed by atoms with E-state index >= 15 is 8.78 Å². The van der Waals surface area contributed by atoms with Crippen LogP contribution in [0.1, 0.15) is 47.0 Å². The largest absolute Gasteiger partial charge is 0.390 e. The molecule has 0 radical (unpaired) electrons. The fourth-order valence-corrected chi connectivity index (χ4v) is 8.69. The number of halogens is 5. The Hall–Kier alpha value is -0.570. The van der Waals surface area contributed by atoms with E-state index in [-0.39, 0.29) is 29.9 Å². The quantitative estimate of drug-likeness (QED) is 0.513. The van der Waals surface area contributed by atoms with Crippen molar-refractivity contribution in [3.8, 4) is 0 Å². The van der Waals surface area contributed by atoms with Gasteiger partial charge in [-0.15, -0.1) is 0 Å². The average molecular weight is 540 g/mol. The second kappa shape index (κ2) is 7.26. The highest BCUT2D eigenvalue weighted by molar-refractivity contribution is 6.54.